The van der Waals surface area contributed by atoms with E-state index < -0.39 is 5.92 Å². The van der Waals surface area contributed by atoms with E-state index in [9.17, 15) is 9.59 Å². The fourth-order valence-electron chi connectivity index (χ4n) is 1.55. The zero-order valence-corrected chi connectivity index (χ0v) is 10.2. The summed E-state index contributed by atoms with van der Waals surface area (Å²) in [6.07, 6.45) is 0.118. The molecular formula is C13H16O4. The van der Waals surface area contributed by atoms with Crippen LogP contribution in [0.5, 0.6) is 5.75 Å². The molecule has 4 heteroatoms. The molecule has 1 aromatic carbocycles. The Morgan fingerprint density at radius 3 is 2.47 bits per heavy atom. The van der Waals surface area contributed by atoms with Gasteiger partial charge in [-0.1, -0.05) is 19.1 Å². The van der Waals surface area contributed by atoms with Crippen LogP contribution in [0.1, 0.15) is 23.7 Å². The summed E-state index contributed by atoms with van der Waals surface area (Å²) in [5.41, 5.74) is 0.491. The molecule has 0 heterocycles. The standard InChI is InChI=1S/C13H16O4/c1-9(13(15)17-3)8-11(14)10-6-4-5-7-12(10)16-2/h4-7,9H,8H2,1-3H3. The molecular weight excluding hydrogens is 220 g/mol. The lowest BCUT2D eigenvalue weighted by Crippen LogP contribution is -2.17. The molecule has 1 unspecified atom stereocenters. The summed E-state index contributed by atoms with van der Waals surface area (Å²) in [7, 11) is 2.82. The highest BCUT2D eigenvalue weighted by Crippen LogP contribution is 2.21. The molecule has 0 aromatic heterocycles. The van der Waals surface area contributed by atoms with Gasteiger partial charge < -0.3 is 9.47 Å². The lowest BCUT2D eigenvalue weighted by atomic mass is 9.99. The van der Waals surface area contributed by atoms with E-state index in [4.69, 9.17) is 4.74 Å². The minimum absolute atomic E-state index is 0.118. The van der Waals surface area contributed by atoms with Crippen molar-refractivity contribution < 1.29 is 19.1 Å². The molecule has 0 amide bonds. The van der Waals surface area contributed by atoms with Crippen LogP contribution in [-0.4, -0.2) is 26.0 Å². The van der Waals surface area contributed by atoms with Gasteiger partial charge in [0.1, 0.15) is 5.75 Å². The summed E-state index contributed by atoms with van der Waals surface area (Å²) in [5, 5.41) is 0. The molecule has 0 N–H and O–H groups in total. The van der Waals surface area contributed by atoms with Crippen molar-refractivity contribution in [2.45, 2.75) is 13.3 Å². The van der Waals surface area contributed by atoms with Gasteiger partial charge in [-0.2, -0.15) is 0 Å². The quantitative estimate of drug-likeness (QED) is 0.580. The maximum absolute atomic E-state index is 12.0. The fourth-order valence-corrected chi connectivity index (χ4v) is 1.55. The molecule has 0 saturated carbocycles. The molecule has 0 bridgehead atoms. The lowest BCUT2D eigenvalue weighted by Gasteiger charge is -2.10. The molecule has 1 rings (SSSR count). The van der Waals surface area contributed by atoms with E-state index in [0.29, 0.717) is 11.3 Å². The van der Waals surface area contributed by atoms with E-state index in [0.717, 1.165) is 0 Å². The summed E-state index contributed by atoms with van der Waals surface area (Å²) in [5.74, 6) is -0.430. The largest absolute Gasteiger partial charge is 0.496 e. The number of rotatable bonds is 5. The summed E-state index contributed by atoms with van der Waals surface area (Å²) in [4.78, 5) is 23.2. The van der Waals surface area contributed by atoms with Crippen LogP contribution in [0.15, 0.2) is 24.3 Å². The van der Waals surface area contributed by atoms with E-state index in [-0.39, 0.29) is 18.2 Å². The average Bonchev–Trinajstić information content (AvgIpc) is 2.37. The number of Topliss-reactive ketones (excluding diaryl/α,β-unsaturated/α-hetero) is 1. The first-order valence-electron chi connectivity index (χ1n) is 5.34. The van der Waals surface area contributed by atoms with Crippen molar-refractivity contribution in [2.75, 3.05) is 14.2 Å². The predicted octanol–water partition coefficient (Wildman–Crippen LogP) is 2.08. The van der Waals surface area contributed by atoms with Crippen LogP contribution in [0.2, 0.25) is 0 Å². The van der Waals surface area contributed by atoms with Gasteiger partial charge in [-0.15, -0.1) is 0 Å². The lowest BCUT2D eigenvalue weighted by molar-refractivity contribution is -0.144. The molecule has 92 valence electrons. The molecule has 1 atom stereocenters. The van der Waals surface area contributed by atoms with Gasteiger partial charge in [0.05, 0.1) is 25.7 Å². The topological polar surface area (TPSA) is 52.6 Å². The van der Waals surface area contributed by atoms with Crippen molar-refractivity contribution >= 4 is 11.8 Å². The first-order chi connectivity index (χ1) is 8.10. The fraction of sp³-hybridized carbons (Fsp3) is 0.385. The second-order valence-corrected chi connectivity index (χ2v) is 3.75. The SMILES string of the molecule is COC(=O)C(C)CC(=O)c1ccccc1OC. The summed E-state index contributed by atoms with van der Waals surface area (Å²) < 4.78 is 9.68. The van der Waals surface area contributed by atoms with Crippen molar-refractivity contribution in [1.82, 2.24) is 0 Å². The average molecular weight is 236 g/mol. The summed E-state index contributed by atoms with van der Waals surface area (Å²) in [6.45, 7) is 1.67. The van der Waals surface area contributed by atoms with Gasteiger partial charge in [0.15, 0.2) is 5.78 Å². The van der Waals surface area contributed by atoms with Crippen LogP contribution >= 0.6 is 0 Å². The van der Waals surface area contributed by atoms with Crippen molar-refractivity contribution in [3.63, 3.8) is 0 Å². The van der Waals surface area contributed by atoms with Gasteiger partial charge in [-0.3, -0.25) is 9.59 Å². The number of carbonyl (C=O) groups is 2. The second kappa shape index (κ2) is 6.03. The zero-order chi connectivity index (χ0) is 12.8. The van der Waals surface area contributed by atoms with Crippen molar-refractivity contribution in [1.29, 1.82) is 0 Å². The Bertz CT molecular complexity index is 412. The van der Waals surface area contributed by atoms with Crippen LogP contribution in [-0.2, 0) is 9.53 Å². The molecule has 0 fully saturated rings. The summed E-state index contributed by atoms with van der Waals surface area (Å²) in [6, 6.07) is 6.96. The van der Waals surface area contributed by atoms with E-state index in [1.165, 1.54) is 14.2 Å². The van der Waals surface area contributed by atoms with Gasteiger partial charge in [-0.05, 0) is 12.1 Å². The number of hydrogen-bond donors (Lipinski definition) is 0. The highest BCUT2D eigenvalue weighted by Gasteiger charge is 2.20. The Labute approximate surface area is 101 Å². The van der Waals surface area contributed by atoms with Crippen LogP contribution in [0, 0.1) is 5.92 Å². The third-order valence-electron chi connectivity index (χ3n) is 2.50. The number of esters is 1. The third kappa shape index (κ3) is 3.31. The molecule has 4 nitrogen and oxygen atoms in total. The Morgan fingerprint density at radius 1 is 1.24 bits per heavy atom. The number of para-hydroxylation sites is 1. The zero-order valence-electron chi connectivity index (χ0n) is 10.2. The van der Waals surface area contributed by atoms with Crippen LogP contribution < -0.4 is 4.74 Å². The van der Waals surface area contributed by atoms with Crippen LogP contribution in [0.4, 0.5) is 0 Å². The van der Waals surface area contributed by atoms with E-state index in [1.807, 2.05) is 0 Å². The molecule has 0 spiro atoms. The van der Waals surface area contributed by atoms with Gasteiger partial charge in [0, 0.05) is 6.42 Å². The molecule has 17 heavy (non-hydrogen) atoms. The van der Waals surface area contributed by atoms with E-state index in [2.05, 4.69) is 4.74 Å². The van der Waals surface area contributed by atoms with E-state index >= 15 is 0 Å². The highest BCUT2D eigenvalue weighted by atomic mass is 16.5. The van der Waals surface area contributed by atoms with Crippen molar-refractivity contribution in [3.05, 3.63) is 29.8 Å². The molecule has 0 aliphatic heterocycles. The first kappa shape index (κ1) is 13.2. The maximum atomic E-state index is 12.0. The Morgan fingerprint density at radius 2 is 1.88 bits per heavy atom. The van der Waals surface area contributed by atoms with E-state index in [1.54, 1.807) is 31.2 Å². The van der Waals surface area contributed by atoms with Crippen LogP contribution in [0.3, 0.4) is 0 Å². The minimum atomic E-state index is -0.447. The smallest absolute Gasteiger partial charge is 0.308 e. The van der Waals surface area contributed by atoms with Gasteiger partial charge in [-0.25, -0.2) is 0 Å². The first-order valence-corrected chi connectivity index (χ1v) is 5.34. The Kier molecular flexibility index (Phi) is 4.69. The predicted molar refractivity (Wildman–Crippen MR) is 63.1 cm³/mol. The monoisotopic (exact) mass is 236 g/mol. The van der Waals surface area contributed by atoms with Gasteiger partial charge in [0.2, 0.25) is 0 Å². The highest BCUT2D eigenvalue weighted by molar-refractivity contribution is 6.00. The normalized spacial score (nSPS) is 11.7. The number of carbonyl (C=O) groups excluding carboxylic acids is 2. The molecule has 0 radical (unpaired) electrons. The number of hydrogen-bond acceptors (Lipinski definition) is 4. The molecule has 1 aromatic rings. The maximum Gasteiger partial charge on any atom is 0.308 e. The minimum Gasteiger partial charge on any atom is -0.496 e. The number of methoxy groups -OCH3 is 2. The Hall–Kier alpha value is -1.84. The van der Waals surface area contributed by atoms with Crippen molar-refractivity contribution in [2.24, 2.45) is 5.92 Å². The number of ether oxygens (including phenoxy) is 2. The third-order valence-corrected chi connectivity index (χ3v) is 2.50. The Balaban J connectivity index is 2.79. The summed E-state index contributed by atoms with van der Waals surface area (Å²) >= 11 is 0. The van der Waals surface area contributed by atoms with Gasteiger partial charge in [0.25, 0.3) is 0 Å². The van der Waals surface area contributed by atoms with Crippen molar-refractivity contribution in [3.8, 4) is 5.75 Å². The number of benzene rings is 1. The second-order valence-electron chi connectivity index (χ2n) is 3.75. The molecule has 0 saturated heterocycles. The molecule has 0 aliphatic rings. The number of ketones is 1. The molecule has 0 aliphatic carbocycles. The van der Waals surface area contributed by atoms with Gasteiger partial charge >= 0.3 is 5.97 Å². The van der Waals surface area contributed by atoms with Crippen LogP contribution in [0.25, 0.3) is 0 Å².